The van der Waals surface area contributed by atoms with E-state index in [-0.39, 0.29) is 11.7 Å². The number of benzene rings is 2. The lowest BCUT2D eigenvalue weighted by molar-refractivity contribution is 0.0457. The molecule has 0 atom stereocenters. The van der Waals surface area contributed by atoms with Crippen molar-refractivity contribution in [2.75, 3.05) is 13.2 Å². The van der Waals surface area contributed by atoms with Crippen LogP contribution in [-0.2, 0) is 4.74 Å². The van der Waals surface area contributed by atoms with Gasteiger partial charge in [0.25, 0.3) is 0 Å². The average Bonchev–Trinajstić information content (AvgIpc) is 2.65. The van der Waals surface area contributed by atoms with Gasteiger partial charge in [0.05, 0.1) is 18.8 Å². The normalized spacial score (nSPS) is 10.6. The van der Waals surface area contributed by atoms with Crippen LogP contribution >= 0.6 is 15.9 Å². The smallest absolute Gasteiger partial charge is 0.347 e. The lowest BCUT2D eigenvalue weighted by Crippen LogP contribution is -2.13. The van der Waals surface area contributed by atoms with Gasteiger partial charge in [-0.05, 0) is 48.7 Å². The Bertz CT molecular complexity index is 801. The maximum atomic E-state index is 12.6. The third-order valence-corrected chi connectivity index (χ3v) is 3.94. The SMILES string of the molecule is CCCOc1ccc(Br)cc1C(=O)Oc1cccc(C(=O)OCC(C)C)c1. The van der Waals surface area contributed by atoms with Crippen molar-refractivity contribution in [3.8, 4) is 11.5 Å². The van der Waals surface area contributed by atoms with Gasteiger partial charge in [-0.1, -0.05) is 42.8 Å². The van der Waals surface area contributed by atoms with Crippen molar-refractivity contribution in [3.05, 3.63) is 58.1 Å². The highest BCUT2D eigenvalue weighted by atomic mass is 79.9. The van der Waals surface area contributed by atoms with Crippen molar-refractivity contribution in [1.82, 2.24) is 0 Å². The summed E-state index contributed by atoms with van der Waals surface area (Å²) in [6.07, 6.45) is 0.824. The van der Waals surface area contributed by atoms with E-state index in [1.165, 1.54) is 6.07 Å². The number of halogens is 1. The maximum absolute atomic E-state index is 12.6. The Morgan fingerprint density at radius 2 is 1.85 bits per heavy atom. The van der Waals surface area contributed by atoms with Crippen LogP contribution < -0.4 is 9.47 Å². The molecule has 2 aromatic carbocycles. The van der Waals surface area contributed by atoms with E-state index in [0.717, 1.165) is 10.9 Å². The topological polar surface area (TPSA) is 61.8 Å². The fourth-order valence-corrected chi connectivity index (χ4v) is 2.53. The molecule has 0 saturated heterocycles. The number of esters is 2. The first-order chi connectivity index (χ1) is 12.9. The number of hydrogen-bond donors (Lipinski definition) is 0. The van der Waals surface area contributed by atoms with E-state index in [9.17, 15) is 9.59 Å². The lowest BCUT2D eigenvalue weighted by atomic mass is 10.2. The molecule has 0 spiro atoms. The summed E-state index contributed by atoms with van der Waals surface area (Å²) in [4.78, 5) is 24.7. The van der Waals surface area contributed by atoms with Gasteiger partial charge < -0.3 is 14.2 Å². The Labute approximate surface area is 167 Å². The molecule has 0 bridgehead atoms. The van der Waals surface area contributed by atoms with Crippen LogP contribution in [0.25, 0.3) is 0 Å². The number of rotatable bonds is 8. The second-order valence-electron chi connectivity index (χ2n) is 6.40. The van der Waals surface area contributed by atoms with Gasteiger partial charge in [0.2, 0.25) is 0 Å². The van der Waals surface area contributed by atoms with E-state index in [0.29, 0.717) is 30.1 Å². The van der Waals surface area contributed by atoms with Gasteiger partial charge >= 0.3 is 11.9 Å². The summed E-state index contributed by atoms with van der Waals surface area (Å²) in [6, 6.07) is 11.5. The van der Waals surface area contributed by atoms with E-state index >= 15 is 0 Å². The molecule has 2 aromatic rings. The summed E-state index contributed by atoms with van der Waals surface area (Å²) >= 11 is 3.35. The second-order valence-corrected chi connectivity index (χ2v) is 7.31. The Kier molecular flexibility index (Phi) is 7.85. The number of hydrogen-bond acceptors (Lipinski definition) is 5. The molecule has 0 radical (unpaired) electrons. The van der Waals surface area contributed by atoms with E-state index < -0.39 is 11.9 Å². The molecule has 0 N–H and O–H groups in total. The minimum atomic E-state index is -0.560. The molecule has 0 aromatic heterocycles. The second kappa shape index (κ2) is 10.1. The largest absolute Gasteiger partial charge is 0.493 e. The van der Waals surface area contributed by atoms with E-state index in [1.807, 2.05) is 20.8 Å². The van der Waals surface area contributed by atoms with Crippen LogP contribution in [0.5, 0.6) is 11.5 Å². The number of carbonyl (C=O) groups is 2. The fraction of sp³-hybridized carbons (Fsp3) is 0.333. The van der Waals surface area contributed by atoms with Crippen molar-refractivity contribution in [2.45, 2.75) is 27.2 Å². The molecular formula is C21H23BrO5. The molecule has 144 valence electrons. The fourth-order valence-electron chi connectivity index (χ4n) is 2.17. The van der Waals surface area contributed by atoms with Gasteiger partial charge in [0.1, 0.15) is 17.1 Å². The van der Waals surface area contributed by atoms with Gasteiger partial charge in [-0.15, -0.1) is 0 Å². The van der Waals surface area contributed by atoms with Crippen molar-refractivity contribution < 1.29 is 23.8 Å². The van der Waals surface area contributed by atoms with Crippen molar-refractivity contribution in [1.29, 1.82) is 0 Å². The molecule has 0 aliphatic heterocycles. The molecule has 2 rings (SSSR count). The highest BCUT2D eigenvalue weighted by molar-refractivity contribution is 9.10. The van der Waals surface area contributed by atoms with Gasteiger partial charge in [-0.2, -0.15) is 0 Å². The van der Waals surface area contributed by atoms with Crippen molar-refractivity contribution in [3.63, 3.8) is 0 Å². The Morgan fingerprint density at radius 1 is 1.07 bits per heavy atom. The molecule has 6 heteroatoms. The molecular weight excluding hydrogens is 412 g/mol. The van der Waals surface area contributed by atoms with E-state index in [2.05, 4.69) is 15.9 Å². The summed E-state index contributed by atoms with van der Waals surface area (Å²) < 4.78 is 17.0. The predicted molar refractivity (Wildman–Crippen MR) is 106 cm³/mol. The Balaban J connectivity index is 2.15. The van der Waals surface area contributed by atoms with Gasteiger partial charge in [0.15, 0.2) is 0 Å². The number of carbonyl (C=O) groups excluding carboxylic acids is 2. The highest BCUT2D eigenvalue weighted by Gasteiger charge is 2.17. The number of ether oxygens (including phenoxy) is 3. The summed E-state index contributed by atoms with van der Waals surface area (Å²) in [5.74, 6) is -0.0443. The molecule has 0 unspecified atom stereocenters. The summed E-state index contributed by atoms with van der Waals surface area (Å²) in [6.45, 7) is 6.74. The standard InChI is InChI=1S/C21H23BrO5/c1-4-10-25-19-9-8-16(22)12-18(19)21(24)27-17-7-5-6-15(11-17)20(23)26-13-14(2)3/h5-9,11-12,14H,4,10,13H2,1-3H3. The van der Waals surface area contributed by atoms with Crippen molar-refractivity contribution >= 4 is 27.9 Å². The average molecular weight is 435 g/mol. The third kappa shape index (κ3) is 6.40. The van der Waals surface area contributed by atoms with Crippen LogP contribution in [0, 0.1) is 5.92 Å². The lowest BCUT2D eigenvalue weighted by Gasteiger charge is -2.12. The molecule has 0 amide bonds. The van der Waals surface area contributed by atoms with Gasteiger partial charge in [0, 0.05) is 4.47 Å². The predicted octanol–water partition coefficient (Wildman–Crippen LogP) is 5.27. The van der Waals surface area contributed by atoms with Crippen LogP contribution in [0.1, 0.15) is 47.9 Å². The minimum Gasteiger partial charge on any atom is -0.493 e. The summed E-state index contributed by atoms with van der Waals surface area (Å²) in [5, 5.41) is 0. The Morgan fingerprint density at radius 3 is 2.56 bits per heavy atom. The van der Waals surface area contributed by atoms with Gasteiger partial charge in [-0.3, -0.25) is 0 Å². The first kappa shape index (κ1) is 21.0. The van der Waals surface area contributed by atoms with Crippen LogP contribution in [0.15, 0.2) is 46.9 Å². The van der Waals surface area contributed by atoms with Crippen molar-refractivity contribution in [2.24, 2.45) is 5.92 Å². The zero-order valence-electron chi connectivity index (χ0n) is 15.7. The summed E-state index contributed by atoms with van der Waals surface area (Å²) in [7, 11) is 0. The first-order valence-electron chi connectivity index (χ1n) is 8.82. The molecule has 0 aliphatic carbocycles. The molecule has 0 saturated carbocycles. The first-order valence-corrected chi connectivity index (χ1v) is 9.61. The van der Waals surface area contributed by atoms with Crippen LogP contribution in [0.4, 0.5) is 0 Å². The highest BCUT2D eigenvalue weighted by Crippen LogP contribution is 2.25. The van der Waals surface area contributed by atoms with E-state index in [1.54, 1.807) is 36.4 Å². The molecule has 0 fully saturated rings. The minimum absolute atomic E-state index is 0.244. The summed E-state index contributed by atoms with van der Waals surface area (Å²) in [5.41, 5.74) is 0.642. The Hall–Kier alpha value is -2.34. The zero-order valence-corrected chi connectivity index (χ0v) is 17.2. The molecule has 0 heterocycles. The molecule has 5 nitrogen and oxygen atoms in total. The van der Waals surface area contributed by atoms with Crippen LogP contribution in [-0.4, -0.2) is 25.2 Å². The third-order valence-electron chi connectivity index (χ3n) is 3.45. The molecule has 0 aliphatic rings. The zero-order chi connectivity index (χ0) is 19.8. The van der Waals surface area contributed by atoms with Crippen LogP contribution in [0.3, 0.4) is 0 Å². The van der Waals surface area contributed by atoms with Crippen LogP contribution in [0.2, 0.25) is 0 Å². The monoisotopic (exact) mass is 434 g/mol. The van der Waals surface area contributed by atoms with E-state index in [4.69, 9.17) is 14.2 Å². The maximum Gasteiger partial charge on any atom is 0.347 e. The quantitative estimate of drug-likeness (QED) is 0.418. The van der Waals surface area contributed by atoms with Gasteiger partial charge in [-0.25, -0.2) is 9.59 Å². The molecule has 27 heavy (non-hydrogen) atoms.